The lowest BCUT2D eigenvalue weighted by atomic mass is 9.99. The highest BCUT2D eigenvalue weighted by molar-refractivity contribution is 5.99. The van der Waals surface area contributed by atoms with Crippen molar-refractivity contribution in [3.63, 3.8) is 0 Å². The molecule has 2 aromatic carbocycles. The van der Waals surface area contributed by atoms with Gasteiger partial charge in [0.2, 0.25) is 0 Å². The van der Waals surface area contributed by atoms with Crippen LogP contribution in [0.3, 0.4) is 0 Å². The summed E-state index contributed by atoms with van der Waals surface area (Å²) in [6.45, 7) is 2.04. The van der Waals surface area contributed by atoms with Crippen molar-refractivity contribution in [3.05, 3.63) is 65.2 Å². The lowest BCUT2D eigenvalue weighted by Gasteiger charge is -2.28. The van der Waals surface area contributed by atoms with E-state index in [-0.39, 0.29) is 11.5 Å². The number of phenolic OH excluding ortho intramolecular Hbond substituents is 1. The minimum atomic E-state index is -0.0255. The Bertz CT molecular complexity index is 636. The van der Waals surface area contributed by atoms with E-state index in [1.807, 2.05) is 6.07 Å². The summed E-state index contributed by atoms with van der Waals surface area (Å²) in [5.74, 6) is 0.0393. The predicted molar refractivity (Wildman–Crippen MR) is 77.9 cm³/mol. The number of carbonyl (C=O) groups is 1. The number of carbonyl (C=O) groups excluding carboxylic acids is 1. The van der Waals surface area contributed by atoms with Crippen LogP contribution in [-0.2, 0) is 13.0 Å². The first-order chi connectivity index (χ1) is 9.74. The molecule has 0 aromatic heterocycles. The normalized spacial score (nSPS) is 14.8. The van der Waals surface area contributed by atoms with Crippen LogP contribution in [0, 0.1) is 0 Å². The highest BCUT2D eigenvalue weighted by atomic mass is 16.3. The van der Waals surface area contributed by atoms with Gasteiger partial charge in [-0.1, -0.05) is 36.4 Å². The van der Waals surface area contributed by atoms with Crippen molar-refractivity contribution in [2.24, 2.45) is 0 Å². The van der Waals surface area contributed by atoms with Gasteiger partial charge in [0.05, 0.1) is 12.1 Å². The molecule has 0 spiro atoms. The molecule has 0 aliphatic carbocycles. The van der Waals surface area contributed by atoms with E-state index >= 15 is 0 Å². The third-order valence-electron chi connectivity index (χ3n) is 3.78. The number of aromatic hydroxyl groups is 1. The lowest BCUT2D eigenvalue weighted by molar-refractivity contribution is 0.0919. The van der Waals surface area contributed by atoms with E-state index in [9.17, 15) is 9.90 Å². The standard InChI is InChI=1S/C17H17NO2/c19-16-8-4-3-7-15(16)17(20)12-18-10-9-13-5-1-2-6-14(13)11-18/h1-8,19H,9-12H2. The Morgan fingerprint density at radius 2 is 1.75 bits per heavy atom. The van der Waals surface area contributed by atoms with Gasteiger partial charge < -0.3 is 5.11 Å². The molecule has 1 N–H and O–H groups in total. The Balaban J connectivity index is 1.71. The minimum absolute atomic E-state index is 0.0255. The molecule has 0 fully saturated rings. The predicted octanol–water partition coefficient (Wildman–Crippen LogP) is 2.63. The van der Waals surface area contributed by atoms with Crippen molar-refractivity contribution in [1.82, 2.24) is 4.90 Å². The summed E-state index contributed by atoms with van der Waals surface area (Å²) in [6.07, 6.45) is 0.976. The molecule has 3 nitrogen and oxygen atoms in total. The average Bonchev–Trinajstić information content (AvgIpc) is 2.47. The maximum Gasteiger partial charge on any atom is 0.180 e. The molecule has 20 heavy (non-hydrogen) atoms. The zero-order valence-electron chi connectivity index (χ0n) is 11.2. The fourth-order valence-electron chi connectivity index (χ4n) is 2.69. The summed E-state index contributed by atoms with van der Waals surface area (Å²) in [6, 6.07) is 15.1. The molecule has 2 aromatic rings. The molecule has 0 saturated carbocycles. The van der Waals surface area contributed by atoms with Crippen molar-refractivity contribution in [3.8, 4) is 5.75 Å². The van der Waals surface area contributed by atoms with E-state index in [4.69, 9.17) is 0 Å². The quantitative estimate of drug-likeness (QED) is 0.869. The number of Topliss-reactive ketones (excluding diaryl/α,β-unsaturated/α-hetero) is 1. The van der Waals surface area contributed by atoms with Crippen LogP contribution >= 0.6 is 0 Å². The number of rotatable bonds is 3. The fraction of sp³-hybridized carbons (Fsp3) is 0.235. The van der Waals surface area contributed by atoms with E-state index in [0.717, 1.165) is 19.5 Å². The molecule has 0 amide bonds. The van der Waals surface area contributed by atoms with Crippen LogP contribution < -0.4 is 0 Å². The van der Waals surface area contributed by atoms with Crippen molar-refractivity contribution in [2.75, 3.05) is 13.1 Å². The summed E-state index contributed by atoms with van der Waals surface area (Å²) in [5.41, 5.74) is 3.08. The van der Waals surface area contributed by atoms with Gasteiger partial charge >= 0.3 is 0 Å². The third kappa shape index (κ3) is 2.58. The van der Waals surface area contributed by atoms with Gasteiger partial charge in [0.25, 0.3) is 0 Å². The molecule has 0 unspecified atom stereocenters. The summed E-state index contributed by atoms with van der Waals surface area (Å²) >= 11 is 0. The second-order valence-corrected chi connectivity index (χ2v) is 5.17. The molecule has 0 bridgehead atoms. The number of para-hydroxylation sites is 1. The largest absolute Gasteiger partial charge is 0.507 e. The molecule has 3 heteroatoms. The van der Waals surface area contributed by atoms with Crippen LogP contribution in [0.1, 0.15) is 21.5 Å². The molecular formula is C17H17NO2. The Labute approximate surface area is 118 Å². The van der Waals surface area contributed by atoms with E-state index in [1.165, 1.54) is 11.1 Å². The van der Waals surface area contributed by atoms with Crippen molar-refractivity contribution in [1.29, 1.82) is 0 Å². The summed E-state index contributed by atoms with van der Waals surface area (Å²) in [7, 11) is 0. The van der Waals surface area contributed by atoms with Crippen LogP contribution in [0.15, 0.2) is 48.5 Å². The molecule has 1 heterocycles. The molecule has 0 saturated heterocycles. The van der Waals surface area contributed by atoms with Gasteiger partial charge in [-0.25, -0.2) is 0 Å². The van der Waals surface area contributed by atoms with Crippen LogP contribution in [0.2, 0.25) is 0 Å². The average molecular weight is 267 g/mol. The first-order valence-corrected chi connectivity index (χ1v) is 6.84. The molecule has 0 atom stereocenters. The van der Waals surface area contributed by atoms with Crippen molar-refractivity contribution in [2.45, 2.75) is 13.0 Å². The van der Waals surface area contributed by atoms with E-state index in [2.05, 4.69) is 23.1 Å². The van der Waals surface area contributed by atoms with Gasteiger partial charge in [-0.05, 0) is 29.7 Å². The lowest BCUT2D eigenvalue weighted by Crippen LogP contribution is -2.34. The molecular weight excluding hydrogens is 250 g/mol. The number of fused-ring (bicyclic) bond motifs is 1. The third-order valence-corrected chi connectivity index (χ3v) is 3.78. The zero-order valence-corrected chi connectivity index (χ0v) is 11.2. The van der Waals surface area contributed by atoms with Gasteiger partial charge in [0.15, 0.2) is 5.78 Å². The summed E-state index contributed by atoms with van der Waals surface area (Å²) < 4.78 is 0. The van der Waals surface area contributed by atoms with Crippen LogP contribution in [0.5, 0.6) is 5.75 Å². The molecule has 0 radical (unpaired) electrons. The smallest absolute Gasteiger partial charge is 0.180 e. The van der Waals surface area contributed by atoms with E-state index in [0.29, 0.717) is 12.1 Å². The summed E-state index contributed by atoms with van der Waals surface area (Å²) in [4.78, 5) is 14.4. The maximum atomic E-state index is 12.2. The second kappa shape index (κ2) is 5.47. The van der Waals surface area contributed by atoms with Gasteiger partial charge in [-0.2, -0.15) is 0 Å². The highest BCUT2D eigenvalue weighted by Gasteiger charge is 2.19. The number of benzene rings is 2. The van der Waals surface area contributed by atoms with Crippen LogP contribution in [-0.4, -0.2) is 28.9 Å². The highest BCUT2D eigenvalue weighted by Crippen LogP contribution is 2.20. The molecule has 3 rings (SSSR count). The Kier molecular flexibility index (Phi) is 3.52. The first-order valence-electron chi connectivity index (χ1n) is 6.84. The number of hydrogen-bond acceptors (Lipinski definition) is 3. The first kappa shape index (κ1) is 12.9. The van der Waals surface area contributed by atoms with Gasteiger partial charge in [0.1, 0.15) is 5.75 Å². The fourth-order valence-corrected chi connectivity index (χ4v) is 2.69. The monoisotopic (exact) mass is 267 g/mol. The molecule has 1 aliphatic rings. The van der Waals surface area contributed by atoms with Crippen molar-refractivity contribution >= 4 is 5.78 Å². The number of ketones is 1. The minimum Gasteiger partial charge on any atom is -0.507 e. The Hall–Kier alpha value is -2.13. The number of nitrogens with zero attached hydrogens (tertiary/aromatic N) is 1. The SMILES string of the molecule is O=C(CN1CCc2ccccc2C1)c1ccccc1O. The topological polar surface area (TPSA) is 40.5 Å². The maximum absolute atomic E-state index is 12.2. The van der Waals surface area contributed by atoms with Gasteiger partial charge in [-0.15, -0.1) is 0 Å². The molecule has 102 valence electrons. The summed E-state index contributed by atoms with van der Waals surface area (Å²) in [5, 5.41) is 9.73. The van der Waals surface area contributed by atoms with E-state index in [1.54, 1.807) is 24.3 Å². The Morgan fingerprint density at radius 1 is 1.05 bits per heavy atom. The number of phenols is 1. The van der Waals surface area contributed by atoms with Crippen LogP contribution in [0.25, 0.3) is 0 Å². The van der Waals surface area contributed by atoms with Crippen LogP contribution in [0.4, 0.5) is 0 Å². The van der Waals surface area contributed by atoms with Gasteiger partial charge in [-0.3, -0.25) is 9.69 Å². The zero-order chi connectivity index (χ0) is 13.9. The number of hydrogen-bond donors (Lipinski definition) is 1. The Morgan fingerprint density at radius 3 is 2.55 bits per heavy atom. The van der Waals surface area contributed by atoms with Gasteiger partial charge in [0, 0.05) is 13.1 Å². The van der Waals surface area contributed by atoms with Crippen molar-refractivity contribution < 1.29 is 9.90 Å². The van der Waals surface area contributed by atoms with E-state index < -0.39 is 0 Å². The second-order valence-electron chi connectivity index (χ2n) is 5.17. The molecule has 1 aliphatic heterocycles.